The van der Waals surface area contributed by atoms with Crippen LogP contribution in [0.25, 0.3) is 10.9 Å². The summed E-state index contributed by atoms with van der Waals surface area (Å²) in [5.41, 5.74) is 2.95. The van der Waals surface area contributed by atoms with Crippen LogP contribution in [0.1, 0.15) is 5.56 Å². The van der Waals surface area contributed by atoms with Gasteiger partial charge in [0.2, 0.25) is 5.95 Å². The highest BCUT2D eigenvalue weighted by molar-refractivity contribution is 6.42. The topological polar surface area (TPSA) is 77.5 Å². The molecule has 0 unspecified atom stereocenters. The molecule has 0 saturated carbocycles. The van der Waals surface area contributed by atoms with Crippen molar-refractivity contribution in [3.63, 3.8) is 0 Å². The molecule has 0 spiro atoms. The molecule has 39 heavy (non-hydrogen) atoms. The van der Waals surface area contributed by atoms with Gasteiger partial charge in [-0.3, -0.25) is 0 Å². The number of hydrogen-bond donors (Lipinski definition) is 2. The molecule has 0 aliphatic heterocycles. The summed E-state index contributed by atoms with van der Waals surface area (Å²) in [6, 6.07) is 23.6. The fraction of sp³-hybridized carbons (Fsp3) is 0.0667. The molecule has 4 aromatic carbocycles. The van der Waals surface area contributed by atoms with Crippen molar-refractivity contribution >= 4 is 57.2 Å². The van der Waals surface area contributed by atoms with Crippen molar-refractivity contribution < 1.29 is 14.2 Å². The van der Waals surface area contributed by atoms with Crippen LogP contribution >= 0.6 is 23.2 Å². The van der Waals surface area contributed by atoms with E-state index in [4.69, 9.17) is 53.8 Å². The molecule has 1 aromatic heterocycles. The summed E-state index contributed by atoms with van der Waals surface area (Å²) >= 11 is 12.1. The Labute approximate surface area is 235 Å². The quantitative estimate of drug-likeness (QED) is 0.186. The first-order chi connectivity index (χ1) is 18.9. The standard InChI is InChI=1S/C30H22Cl2N4O3/c1-4-18-6-5-7-20(14-18)33-29-23-16-27(37-2)28(38-3)17-26(23)35-30(36-29)34-19-8-10-21(11-9-19)39-22-12-13-24(31)25(32)15-22/h1,5-17H,2-3H3,(H2,33,34,35,36). The lowest BCUT2D eigenvalue weighted by atomic mass is 10.2. The highest BCUT2D eigenvalue weighted by atomic mass is 35.5. The summed E-state index contributed by atoms with van der Waals surface area (Å²) in [4.78, 5) is 9.46. The van der Waals surface area contributed by atoms with Crippen LogP contribution < -0.4 is 24.8 Å². The molecule has 2 N–H and O–H groups in total. The van der Waals surface area contributed by atoms with Crippen LogP contribution in [-0.4, -0.2) is 24.2 Å². The number of ether oxygens (including phenoxy) is 3. The van der Waals surface area contributed by atoms with E-state index < -0.39 is 0 Å². The molecule has 0 fully saturated rings. The Morgan fingerprint density at radius 1 is 0.744 bits per heavy atom. The van der Waals surface area contributed by atoms with Gasteiger partial charge >= 0.3 is 0 Å². The largest absolute Gasteiger partial charge is 0.493 e. The number of nitrogens with one attached hydrogen (secondary N) is 2. The smallest absolute Gasteiger partial charge is 0.229 e. The normalized spacial score (nSPS) is 10.5. The van der Waals surface area contributed by atoms with Crippen LogP contribution in [0.15, 0.2) is 78.9 Å². The Hall–Kier alpha value is -4.64. The fourth-order valence-corrected chi connectivity index (χ4v) is 4.13. The van der Waals surface area contributed by atoms with Gasteiger partial charge < -0.3 is 24.8 Å². The van der Waals surface area contributed by atoms with Gasteiger partial charge in [-0.2, -0.15) is 4.98 Å². The van der Waals surface area contributed by atoms with E-state index in [2.05, 4.69) is 16.6 Å². The number of fused-ring (bicyclic) bond motifs is 1. The Bertz CT molecular complexity index is 1700. The zero-order chi connectivity index (χ0) is 27.4. The molecule has 0 atom stereocenters. The van der Waals surface area contributed by atoms with Crippen molar-refractivity contribution in [3.05, 3.63) is 94.5 Å². The lowest BCUT2D eigenvalue weighted by Gasteiger charge is -2.15. The molecule has 9 heteroatoms. The van der Waals surface area contributed by atoms with Gasteiger partial charge in [0.25, 0.3) is 0 Å². The van der Waals surface area contributed by atoms with Crippen molar-refractivity contribution in [1.29, 1.82) is 0 Å². The van der Waals surface area contributed by atoms with Gasteiger partial charge in [-0.25, -0.2) is 4.98 Å². The second-order valence-electron chi connectivity index (χ2n) is 8.30. The predicted molar refractivity (Wildman–Crippen MR) is 157 cm³/mol. The Balaban J connectivity index is 1.46. The van der Waals surface area contributed by atoms with Gasteiger partial charge in [0, 0.05) is 34.5 Å². The highest BCUT2D eigenvalue weighted by Gasteiger charge is 2.14. The summed E-state index contributed by atoms with van der Waals surface area (Å²) in [5, 5.41) is 8.25. The van der Waals surface area contributed by atoms with Crippen LogP contribution in [0.4, 0.5) is 23.1 Å². The van der Waals surface area contributed by atoms with Crippen molar-refractivity contribution in [2.24, 2.45) is 0 Å². The average molecular weight is 557 g/mol. The van der Waals surface area contributed by atoms with E-state index in [-0.39, 0.29) is 0 Å². The number of hydrogen-bond acceptors (Lipinski definition) is 7. The molecule has 0 bridgehead atoms. The number of rotatable bonds is 8. The molecule has 0 radical (unpaired) electrons. The number of anilines is 4. The van der Waals surface area contributed by atoms with E-state index in [1.54, 1.807) is 38.5 Å². The summed E-state index contributed by atoms with van der Waals surface area (Å²) in [6.07, 6.45) is 5.58. The molecule has 1 heterocycles. The first-order valence-corrected chi connectivity index (χ1v) is 12.5. The van der Waals surface area contributed by atoms with E-state index in [9.17, 15) is 0 Å². The number of aromatic nitrogens is 2. The molecule has 5 aromatic rings. The third-order valence-corrected chi connectivity index (χ3v) is 6.47. The highest BCUT2D eigenvalue weighted by Crippen LogP contribution is 2.36. The lowest BCUT2D eigenvalue weighted by molar-refractivity contribution is 0.356. The number of nitrogens with zero attached hydrogens (tertiary/aromatic N) is 2. The van der Waals surface area contributed by atoms with E-state index in [0.29, 0.717) is 50.3 Å². The number of terminal acetylenes is 1. The third-order valence-electron chi connectivity index (χ3n) is 5.73. The van der Waals surface area contributed by atoms with Crippen molar-refractivity contribution in [2.75, 3.05) is 24.9 Å². The molecular weight excluding hydrogens is 535 g/mol. The zero-order valence-electron chi connectivity index (χ0n) is 21.0. The van der Waals surface area contributed by atoms with Crippen LogP contribution in [0.5, 0.6) is 23.0 Å². The van der Waals surface area contributed by atoms with Crippen molar-refractivity contribution in [1.82, 2.24) is 9.97 Å². The minimum absolute atomic E-state index is 0.378. The van der Waals surface area contributed by atoms with Crippen LogP contribution in [-0.2, 0) is 0 Å². The summed E-state index contributed by atoms with van der Waals surface area (Å²) in [6.45, 7) is 0. The van der Waals surface area contributed by atoms with Gasteiger partial charge in [-0.05, 0) is 60.7 Å². The Morgan fingerprint density at radius 3 is 2.21 bits per heavy atom. The van der Waals surface area contributed by atoms with E-state index in [1.807, 2.05) is 54.6 Å². The zero-order valence-corrected chi connectivity index (χ0v) is 22.5. The maximum absolute atomic E-state index is 6.09. The maximum atomic E-state index is 6.09. The summed E-state index contributed by atoms with van der Waals surface area (Å²) in [7, 11) is 3.16. The van der Waals surface area contributed by atoms with Crippen LogP contribution in [0, 0.1) is 12.3 Å². The molecule has 0 aliphatic carbocycles. The van der Waals surface area contributed by atoms with E-state index >= 15 is 0 Å². The molecule has 5 rings (SSSR count). The van der Waals surface area contributed by atoms with Crippen LogP contribution in [0.2, 0.25) is 10.0 Å². The number of halogens is 2. The van der Waals surface area contributed by atoms with Gasteiger partial charge in [0.1, 0.15) is 17.3 Å². The van der Waals surface area contributed by atoms with Gasteiger partial charge in [-0.1, -0.05) is 35.2 Å². The van der Waals surface area contributed by atoms with Gasteiger partial charge in [0.15, 0.2) is 11.5 Å². The Morgan fingerprint density at radius 2 is 1.49 bits per heavy atom. The van der Waals surface area contributed by atoms with Gasteiger partial charge in [-0.15, -0.1) is 6.42 Å². The Kier molecular flexibility index (Phi) is 7.60. The van der Waals surface area contributed by atoms with Crippen molar-refractivity contribution in [3.8, 4) is 35.3 Å². The number of benzene rings is 4. The van der Waals surface area contributed by atoms with Crippen molar-refractivity contribution in [2.45, 2.75) is 0 Å². The molecule has 0 amide bonds. The summed E-state index contributed by atoms with van der Waals surface area (Å²) in [5.74, 6) is 5.92. The fourth-order valence-electron chi connectivity index (χ4n) is 3.84. The minimum Gasteiger partial charge on any atom is -0.493 e. The minimum atomic E-state index is 0.378. The van der Waals surface area contributed by atoms with E-state index in [1.165, 1.54) is 0 Å². The maximum Gasteiger partial charge on any atom is 0.229 e. The monoisotopic (exact) mass is 556 g/mol. The molecule has 0 aliphatic rings. The summed E-state index contributed by atoms with van der Waals surface area (Å²) < 4.78 is 16.9. The predicted octanol–water partition coefficient (Wildman–Crippen LogP) is 8.21. The second-order valence-corrected chi connectivity index (χ2v) is 9.11. The average Bonchev–Trinajstić information content (AvgIpc) is 2.95. The van der Waals surface area contributed by atoms with Gasteiger partial charge in [0.05, 0.1) is 29.8 Å². The molecular formula is C30H22Cl2N4O3. The molecule has 7 nitrogen and oxygen atoms in total. The lowest BCUT2D eigenvalue weighted by Crippen LogP contribution is -2.03. The SMILES string of the molecule is C#Cc1cccc(Nc2nc(Nc3ccc(Oc4ccc(Cl)c(Cl)c4)cc3)nc3cc(OC)c(OC)cc23)c1. The molecule has 194 valence electrons. The third kappa shape index (κ3) is 5.93. The number of methoxy groups -OCH3 is 2. The first kappa shape index (κ1) is 26.0. The van der Waals surface area contributed by atoms with E-state index in [0.717, 1.165) is 22.3 Å². The second kappa shape index (κ2) is 11.4. The van der Waals surface area contributed by atoms with Crippen LogP contribution in [0.3, 0.4) is 0 Å². The first-order valence-electron chi connectivity index (χ1n) is 11.7. The molecule has 0 saturated heterocycles.